The maximum absolute atomic E-state index is 13.7. The molecule has 2 aromatic carbocycles. The van der Waals surface area contributed by atoms with Crippen molar-refractivity contribution in [3.8, 4) is 0 Å². The SMILES string of the molecule is CBr.CCC(CC)[C@H](CNCC(=O)c1cccs1)OC(=O)C(Nc1ccccc1)c1csc2ccccc12. The van der Waals surface area contributed by atoms with Crippen LogP contribution in [0.3, 0.4) is 0 Å². The van der Waals surface area contributed by atoms with E-state index in [9.17, 15) is 9.59 Å². The van der Waals surface area contributed by atoms with Crippen molar-refractivity contribution in [1.29, 1.82) is 0 Å². The first-order chi connectivity index (χ1) is 18.6. The monoisotopic (exact) mass is 614 g/mol. The highest BCUT2D eigenvalue weighted by molar-refractivity contribution is 9.08. The van der Waals surface area contributed by atoms with Crippen molar-refractivity contribution >= 4 is 66.1 Å². The van der Waals surface area contributed by atoms with Crippen molar-refractivity contribution in [3.05, 3.63) is 87.9 Å². The summed E-state index contributed by atoms with van der Waals surface area (Å²) >= 11 is 6.00. The van der Waals surface area contributed by atoms with E-state index in [1.54, 1.807) is 11.3 Å². The largest absolute Gasteiger partial charge is 0.459 e. The number of para-hydroxylation sites is 1. The number of anilines is 1. The van der Waals surface area contributed by atoms with Crippen molar-refractivity contribution in [1.82, 2.24) is 5.32 Å². The van der Waals surface area contributed by atoms with Crippen molar-refractivity contribution in [2.24, 2.45) is 5.92 Å². The van der Waals surface area contributed by atoms with Crippen molar-refractivity contribution in [2.45, 2.75) is 38.8 Å². The maximum Gasteiger partial charge on any atom is 0.333 e. The molecule has 38 heavy (non-hydrogen) atoms. The first kappa shape index (κ1) is 30.0. The zero-order chi connectivity index (χ0) is 27.3. The van der Waals surface area contributed by atoms with Crippen LogP contribution in [0.2, 0.25) is 0 Å². The van der Waals surface area contributed by atoms with Crippen LogP contribution in [0, 0.1) is 5.92 Å². The van der Waals surface area contributed by atoms with E-state index in [1.165, 1.54) is 11.3 Å². The summed E-state index contributed by atoms with van der Waals surface area (Å²) in [5.74, 6) is 1.74. The molecule has 202 valence electrons. The molecule has 0 fully saturated rings. The Labute approximate surface area is 241 Å². The van der Waals surface area contributed by atoms with Crippen LogP contribution in [-0.4, -0.2) is 36.8 Å². The number of esters is 1. The van der Waals surface area contributed by atoms with E-state index in [-0.39, 0.29) is 30.3 Å². The Hall–Kier alpha value is -2.52. The van der Waals surface area contributed by atoms with Gasteiger partial charge in [-0.1, -0.05) is 72.2 Å². The number of ketones is 1. The summed E-state index contributed by atoms with van der Waals surface area (Å²) in [4.78, 5) is 26.9. The summed E-state index contributed by atoms with van der Waals surface area (Å²) in [6, 6.07) is 20.9. The molecule has 0 aliphatic carbocycles. The second kappa shape index (κ2) is 15.8. The number of alkyl halides is 1. The summed E-state index contributed by atoms with van der Waals surface area (Å²) < 4.78 is 7.34. The molecule has 0 aliphatic heterocycles. The summed E-state index contributed by atoms with van der Waals surface area (Å²) in [5.41, 5.74) is 1.77. The van der Waals surface area contributed by atoms with Crippen molar-refractivity contribution in [2.75, 3.05) is 24.2 Å². The average molecular weight is 616 g/mol. The first-order valence-corrected chi connectivity index (χ1v) is 16.1. The highest BCUT2D eigenvalue weighted by Crippen LogP contribution is 2.33. The summed E-state index contributed by atoms with van der Waals surface area (Å²) in [6.07, 6.45) is 1.42. The number of halogens is 1. The van der Waals surface area contributed by atoms with Gasteiger partial charge in [-0.05, 0) is 65.0 Å². The summed E-state index contributed by atoms with van der Waals surface area (Å²) in [7, 11) is 0. The van der Waals surface area contributed by atoms with Gasteiger partial charge in [-0.15, -0.1) is 22.7 Å². The zero-order valence-corrected chi connectivity index (χ0v) is 25.2. The van der Waals surface area contributed by atoms with Gasteiger partial charge in [-0.25, -0.2) is 4.79 Å². The molecular formula is C30H35BrN2O3S2. The van der Waals surface area contributed by atoms with E-state index in [1.807, 2.05) is 77.3 Å². The van der Waals surface area contributed by atoms with Gasteiger partial charge < -0.3 is 15.4 Å². The molecule has 2 N–H and O–H groups in total. The van der Waals surface area contributed by atoms with E-state index in [0.717, 1.165) is 39.1 Å². The van der Waals surface area contributed by atoms with E-state index < -0.39 is 6.04 Å². The molecule has 0 saturated heterocycles. The van der Waals surface area contributed by atoms with Crippen LogP contribution in [0.1, 0.15) is 48.0 Å². The Bertz CT molecular complexity index is 1260. The van der Waals surface area contributed by atoms with E-state index in [0.29, 0.717) is 6.54 Å². The number of carbonyl (C=O) groups is 2. The predicted molar refractivity (Wildman–Crippen MR) is 165 cm³/mol. The zero-order valence-electron chi connectivity index (χ0n) is 22.0. The molecule has 8 heteroatoms. The molecule has 0 amide bonds. The van der Waals surface area contributed by atoms with Gasteiger partial charge in [0.25, 0.3) is 0 Å². The molecule has 4 aromatic rings. The van der Waals surface area contributed by atoms with Crippen LogP contribution in [0.25, 0.3) is 10.1 Å². The third kappa shape index (κ3) is 7.99. The lowest BCUT2D eigenvalue weighted by Crippen LogP contribution is -2.40. The van der Waals surface area contributed by atoms with Crippen LogP contribution < -0.4 is 10.6 Å². The molecule has 2 heterocycles. The average Bonchev–Trinajstić information content (AvgIpc) is 3.65. The van der Waals surface area contributed by atoms with Gasteiger partial charge in [0.2, 0.25) is 0 Å². The number of rotatable bonds is 13. The maximum atomic E-state index is 13.7. The topological polar surface area (TPSA) is 67.4 Å². The van der Waals surface area contributed by atoms with Crippen LogP contribution >= 0.6 is 38.6 Å². The molecule has 2 atom stereocenters. The number of benzene rings is 2. The molecule has 0 saturated carbocycles. The van der Waals surface area contributed by atoms with Crippen LogP contribution in [0.4, 0.5) is 5.69 Å². The normalized spacial score (nSPS) is 12.4. The summed E-state index contributed by atoms with van der Waals surface area (Å²) in [6.45, 7) is 4.86. The third-order valence-corrected chi connectivity index (χ3v) is 8.30. The van der Waals surface area contributed by atoms with Gasteiger partial charge in [0.1, 0.15) is 6.10 Å². The fourth-order valence-electron chi connectivity index (χ4n) is 4.38. The molecule has 5 nitrogen and oxygen atoms in total. The second-order valence-corrected chi connectivity index (χ2v) is 10.6. The fourth-order valence-corrected chi connectivity index (χ4v) is 6.03. The highest BCUT2D eigenvalue weighted by atomic mass is 79.9. The number of ether oxygens (including phenoxy) is 1. The van der Waals surface area contributed by atoms with Crippen molar-refractivity contribution in [3.63, 3.8) is 0 Å². The number of hydrogen-bond acceptors (Lipinski definition) is 7. The quantitative estimate of drug-likeness (QED) is 0.0908. The number of nitrogens with one attached hydrogen (secondary N) is 2. The Morgan fingerprint density at radius 3 is 2.32 bits per heavy atom. The van der Waals surface area contributed by atoms with Gasteiger partial charge in [-0.2, -0.15) is 0 Å². The van der Waals surface area contributed by atoms with E-state index in [4.69, 9.17) is 4.74 Å². The lowest BCUT2D eigenvalue weighted by molar-refractivity contribution is -0.153. The molecular weight excluding hydrogens is 580 g/mol. The molecule has 2 aromatic heterocycles. The molecule has 0 radical (unpaired) electrons. The second-order valence-electron chi connectivity index (χ2n) is 8.71. The van der Waals surface area contributed by atoms with Gasteiger partial charge in [0, 0.05) is 22.5 Å². The number of carbonyl (C=O) groups excluding carboxylic acids is 2. The predicted octanol–water partition coefficient (Wildman–Crippen LogP) is 7.95. The minimum Gasteiger partial charge on any atom is -0.459 e. The standard InChI is InChI=1S/C29H32N2O3S2.CH3Br/c1-3-20(4-2)25(18-30-17-24(32)27-15-10-16-35-27)34-29(33)28(31-21-11-6-5-7-12-21)23-19-36-26-14-9-8-13-22(23)26;1-2/h5-16,19-20,25,28,30-31H,3-4,17-18H2,1-2H3;1H3/t25-,28?;/m0./s1. The molecule has 1 unspecified atom stereocenters. The molecule has 0 bridgehead atoms. The third-order valence-electron chi connectivity index (χ3n) is 6.41. The van der Waals surface area contributed by atoms with E-state index >= 15 is 0 Å². The minimum atomic E-state index is -0.645. The number of hydrogen-bond donors (Lipinski definition) is 2. The Kier molecular flexibility index (Phi) is 12.5. The lowest BCUT2D eigenvalue weighted by atomic mass is 9.96. The van der Waals surface area contributed by atoms with Gasteiger partial charge in [-0.3, -0.25) is 4.79 Å². The van der Waals surface area contributed by atoms with Crippen LogP contribution in [-0.2, 0) is 9.53 Å². The Balaban J connectivity index is 0.00000195. The highest BCUT2D eigenvalue weighted by Gasteiger charge is 2.30. The summed E-state index contributed by atoms with van der Waals surface area (Å²) in [5, 5.41) is 11.6. The molecule has 4 rings (SSSR count). The number of thiophene rings is 2. The lowest BCUT2D eigenvalue weighted by Gasteiger charge is -2.28. The minimum absolute atomic E-state index is 0.0491. The Morgan fingerprint density at radius 1 is 0.921 bits per heavy atom. The molecule has 0 spiro atoms. The number of Topliss-reactive ketones (excluding diaryl/α,β-unsaturated/α-hetero) is 1. The van der Waals surface area contributed by atoms with Gasteiger partial charge in [0.15, 0.2) is 11.8 Å². The Morgan fingerprint density at radius 2 is 1.63 bits per heavy atom. The number of fused-ring (bicyclic) bond motifs is 1. The first-order valence-electron chi connectivity index (χ1n) is 12.7. The fraction of sp³-hybridized carbons (Fsp3) is 0.333. The smallest absolute Gasteiger partial charge is 0.333 e. The van der Waals surface area contributed by atoms with Crippen LogP contribution in [0.15, 0.2) is 77.5 Å². The molecule has 0 aliphatic rings. The van der Waals surface area contributed by atoms with Crippen LogP contribution in [0.5, 0.6) is 0 Å². The van der Waals surface area contributed by atoms with Gasteiger partial charge >= 0.3 is 5.97 Å². The van der Waals surface area contributed by atoms with Crippen molar-refractivity contribution < 1.29 is 14.3 Å². The van der Waals surface area contributed by atoms with Gasteiger partial charge in [0.05, 0.1) is 11.4 Å². The van der Waals surface area contributed by atoms with E-state index in [2.05, 4.69) is 46.5 Å².